The number of carbonyl (C=O) groups is 1. The van der Waals surface area contributed by atoms with E-state index in [0.29, 0.717) is 17.2 Å². The summed E-state index contributed by atoms with van der Waals surface area (Å²) in [6, 6.07) is 10.3. The molecule has 14 heteroatoms. The maximum atomic E-state index is 12.6. The van der Waals surface area contributed by atoms with E-state index in [9.17, 15) is 26.4 Å². The Morgan fingerprint density at radius 3 is 2.45 bits per heavy atom. The predicted octanol–water partition coefficient (Wildman–Crippen LogP) is 3.99. The fourth-order valence-corrected chi connectivity index (χ4v) is 4.67. The Labute approximate surface area is 195 Å². The van der Waals surface area contributed by atoms with Crippen LogP contribution in [0.15, 0.2) is 47.4 Å². The number of benzene rings is 2. The highest BCUT2D eigenvalue weighted by molar-refractivity contribution is 7.93. The second-order valence-electron chi connectivity index (χ2n) is 6.51. The van der Waals surface area contributed by atoms with Gasteiger partial charge < -0.3 is 10.1 Å². The first-order chi connectivity index (χ1) is 15.5. The molecule has 2 aromatic carbocycles. The third kappa shape index (κ3) is 6.33. The first kappa shape index (κ1) is 24.7. The van der Waals surface area contributed by atoms with Crippen LogP contribution in [0.3, 0.4) is 0 Å². The Kier molecular flexibility index (Phi) is 7.44. The molecule has 3 rings (SSSR count). The van der Waals surface area contributed by atoms with Crippen molar-refractivity contribution >= 4 is 44.0 Å². The average molecular weight is 521 g/mol. The zero-order valence-corrected chi connectivity index (χ0v) is 19.2. The number of methoxy groups -OCH3 is 1. The number of aromatic nitrogens is 2. The maximum Gasteiger partial charge on any atom is 0.445 e. The van der Waals surface area contributed by atoms with E-state index in [1.54, 1.807) is 12.1 Å². The van der Waals surface area contributed by atoms with Gasteiger partial charge in [0.2, 0.25) is 10.1 Å². The van der Waals surface area contributed by atoms with Crippen LogP contribution in [-0.2, 0) is 22.6 Å². The van der Waals surface area contributed by atoms with Gasteiger partial charge >= 0.3 is 6.18 Å². The number of ether oxygens (including phenoxy) is 1. The molecule has 0 radical (unpaired) electrons. The largest absolute Gasteiger partial charge is 0.496 e. The molecule has 0 unspecified atom stereocenters. The number of hydrogen-bond donors (Lipinski definition) is 2. The zero-order chi connectivity index (χ0) is 24.2. The number of carbonyl (C=O) groups excluding carboxylic acids is 1. The number of sulfonamides is 1. The van der Waals surface area contributed by atoms with Crippen LogP contribution in [0.25, 0.3) is 0 Å². The van der Waals surface area contributed by atoms with Gasteiger partial charge in [0, 0.05) is 11.6 Å². The van der Waals surface area contributed by atoms with Gasteiger partial charge in [-0.2, -0.15) is 13.2 Å². The van der Waals surface area contributed by atoms with Crippen molar-refractivity contribution in [1.29, 1.82) is 0 Å². The molecular formula is C19H16ClF3N4O4S2. The lowest BCUT2D eigenvalue weighted by Gasteiger charge is -2.10. The molecule has 0 spiro atoms. The van der Waals surface area contributed by atoms with Gasteiger partial charge in [-0.3, -0.25) is 9.52 Å². The van der Waals surface area contributed by atoms with Crippen LogP contribution in [-0.4, -0.2) is 38.2 Å². The lowest BCUT2D eigenvalue weighted by molar-refractivity contribution is -0.138. The van der Waals surface area contributed by atoms with E-state index in [0.717, 1.165) is 5.56 Å². The molecule has 0 fully saturated rings. The molecule has 1 amide bonds. The van der Waals surface area contributed by atoms with Gasteiger partial charge in [0.05, 0.1) is 17.6 Å². The summed E-state index contributed by atoms with van der Waals surface area (Å²) < 4.78 is 69.7. The molecule has 0 atom stereocenters. The Morgan fingerprint density at radius 1 is 1.15 bits per heavy atom. The highest BCUT2D eigenvalue weighted by Gasteiger charge is 2.36. The van der Waals surface area contributed by atoms with Crippen LogP contribution >= 0.6 is 22.9 Å². The van der Waals surface area contributed by atoms with Crippen molar-refractivity contribution in [3.8, 4) is 5.75 Å². The van der Waals surface area contributed by atoms with Crippen molar-refractivity contribution in [3.05, 3.63) is 63.6 Å². The molecule has 2 N–H and O–H groups in total. The minimum Gasteiger partial charge on any atom is -0.496 e. The number of anilines is 1. The van der Waals surface area contributed by atoms with Crippen molar-refractivity contribution < 1.29 is 31.1 Å². The minimum atomic E-state index is -4.71. The third-order valence-electron chi connectivity index (χ3n) is 4.23. The topological polar surface area (TPSA) is 110 Å². The number of halogens is 4. The molecule has 0 aliphatic rings. The molecule has 0 aliphatic carbocycles. The standard InChI is InChI=1S/C19H16ClF3N4O4S2/c1-31-15-7-4-12(20)10-14(15)16(28)24-9-8-11-2-5-13(6-3-11)33(29,30)27-18-26-25-17(32-18)19(21,22)23/h2-7,10H,8-9H2,1H3,(H,24,28)(H,26,27). The smallest absolute Gasteiger partial charge is 0.445 e. The van der Waals surface area contributed by atoms with Gasteiger partial charge in [0.25, 0.3) is 15.9 Å². The normalized spacial score (nSPS) is 11.8. The number of hydrogen-bond acceptors (Lipinski definition) is 7. The summed E-state index contributed by atoms with van der Waals surface area (Å²) in [5.41, 5.74) is 1.01. The highest BCUT2D eigenvalue weighted by Crippen LogP contribution is 2.33. The van der Waals surface area contributed by atoms with E-state index in [2.05, 4.69) is 15.5 Å². The van der Waals surface area contributed by atoms with Crippen LogP contribution in [0.4, 0.5) is 18.3 Å². The van der Waals surface area contributed by atoms with Crippen LogP contribution in [0.1, 0.15) is 20.9 Å². The monoisotopic (exact) mass is 520 g/mol. The number of nitrogens with one attached hydrogen (secondary N) is 2. The van der Waals surface area contributed by atoms with Crippen molar-refractivity contribution in [2.45, 2.75) is 17.5 Å². The van der Waals surface area contributed by atoms with Gasteiger partial charge in [0.15, 0.2) is 0 Å². The summed E-state index contributed by atoms with van der Waals surface area (Å²) >= 11 is 6.01. The van der Waals surface area contributed by atoms with E-state index in [1.165, 1.54) is 37.4 Å². The van der Waals surface area contributed by atoms with Crippen molar-refractivity contribution in [2.75, 3.05) is 18.4 Å². The van der Waals surface area contributed by atoms with Crippen molar-refractivity contribution in [2.24, 2.45) is 0 Å². The third-order valence-corrected chi connectivity index (χ3v) is 6.83. The molecule has 0 saturated carbocycles. The fourth-order valence-electron chi connectivity index (χ4n) is 2.66. The van der Waals surface area contributed by atoms with Crippen LogP contribution in [0, 0.1) is 0 Å². The number of alkyl halides is 3. The summed E-state index contributed by atoms with van der Waals surface area (Å²) in [6.07, 6.45) is -4.32. The number of rotatable bonds is 8. The second kappa shape index (κ2) is 9.93. The van der Waals surface area contributed by atoms with Gasteiger partial charge in [-0.1, -0.05) is 35.1 Å². The van der Waals surface area contributed by atoms with E-state index < -0.39 is 26.3 Å². The summed E-state index contributed by atoms with van der Waals surface area (Å²) in [7, 11) is -2.71. The van der Waals surface area contributed by atoms with Gasteiger partial charge in [0.1, 0.15) is 5.75 Å². The molecule has 3 aromatic rings. The molecular weight excluding hydrogens is 505 g/mol. The first-order valence-electron chi connectivity index (χ1n) is 9.14. The summed E-state index contributed by atoms with van der Waals surface area (Å²) in [6.45, 7) is 0.254. The maximum absolute atomic E-state index is 12.6. The van der Waals surface area contributed by atoms with Crippen LogP contribution < -0.4 is 14.8 Å². The minimum absolute atomic E-state index is 0.0850. The fraction of sp³-hybridized carbons (Fsp3) is 0.211. The quantitative estimate of drug-likeness (QED) is 0.464. The molecule has 0 saturated heterocycles. The van der Waals surface area contributed by atoms with E-state index in [-0.39, 0.29) is 34.2 Å². The van der Waals surface area contributed by atoms with E-state index in [1.807, 2.05) is 4.72 Å². The van der Waals surface area contributed by atoms with Crippen LogP contribution in [0.5, 0.6) is 5.75 Å². The predicted molar refractivity (Wildman–Crippen MR) is 116 cm³/mol. The SMILES string of the molecule is COc1ccc(Cl)cc1C(=O)NCCc1ccc(S(=O)(=O)Nc2nnc(C(F)(F)F)s2)cc1. The Morgan fingerprint density at radius 2 is 1.85 bits per heavy atom. The second-order valence-corrected chi connectivity index (χ2v) is 9.61. The average Bonchev–Trinajstić information content (AvgIpc) is 3.22. The molecule has 176 valence electrons. The highest BCUT2D eigenvalue weighted by atomic mass is 35.5. The van der Waals surface area contributed by atoms with Crippen molar-refractivity contribution in [1.82, 2.24) is 15.5 Å². The van der Waals surface area contributed by atoms with E-state index >= 15 is 0 Å². The zero-order valence-electron chi connectivity index (χ0n) is 16.8. The molecule has 33 heavy (non-hydrogen) atoms. The molecule has 0 bridgehead atoms. The van der Waals surface area contributed by atoms with Crippen molar-refractivity contribution in [3.63, 3.8) is 0 Å². The molecule has 8 nitrogen and oxygen atoms in total. The van der Waals surface area contributed by atoms with Crippen LogP contribution in [0.2, 0.25) is 5.02 Å². The van der Waals surface area contributed by atoms with Gasteiger partial charge in [-0.15, -0.1) is 10.2 Å². The van der Waals surface area contributed by atoms with Gasteiger partial charge in [-0.25, -0.2) is 8.42 Å². The Balaban J connectivity index is 1.59. The summed E-state index contributed by atoms with van der Waals surface area (Å²) in [5, 5.41) is 7.50. The molecule has 1 aromatic heterocycles. The van der Waals surface area contributed by atoms with Gasteiger partial charge in [-0.05, 0) is 42.3 Å². The lowest BCUT2D eigenvalue weighted by Crippen LogP contribution is -2.26. The Hall–Kier alpha value is -2.90. The number of amides is 1. The lowest BCUT2D eigenvalue weighted by atomic mass is 10.1. The van der Waals surface area contributed by atoms with E-state index in [4.69, 9.17) is 16.3 Å². The molecule has 1 heterocycles. The molecule has 0 aliphatic heterocycles. The number of nitrogens with zero attached hydrogens (tertiary/aromatic N) is 2. The summed E-state index contributed by atoms with van der Waals surface area (Å²) in [4.78, 5) is 12.2. The Bertz CT molecular complexity index is 1250. The summed E-state index contributed by atoms with van der Waals surface area (Å²) in [5.74, 6) is -0.00947. The first-order valence-corrected chi connectivity index (χ1v) is 11.8.